The van der Waals surface area contributed by atoms with Gasteiger partial charge in [0, 0.05) is 16.5 Å². The van der Waals surface area contributed by atoms with E-state index in [0.29, 0.717) is 0 Å². The average Bonchev–Trinajstić information content (AvgIpc) is 3.58. The van der Waals surface area contributed by atoms with Gasteiger partial charge in [0.2, 0.25) is 0 Å². The Kier molecular flexibility index (Phi) is 6.87. The summed E-state index contributed by atoms with van der Waals surface area (Å²) in [6.45, 7) is 4.81. The second-order valence-electron chi connectivity index (χ2n) is 15.5. The van der Waals surface area contributed by atoms with E-state index in [1.54, 1.807) is 11.1 Å². The number of fused-ring (bicyclic) bond motifs is 8. The largest absolute Gasteiger partial charge is 0.360 e. The minimum atomic E-state index is -0.149. The minimum Gasteiger partial charge on any atom is -0.360 e. The lowest BCUT2D eigenvalue weighted by atomic mass is 9.67. The molecule has 1 heterocycles. The molecular formula is C49H42N2. The topological polar surface area (TPSA) is 24.4 Å². The van der Waals surface area contributed by atoms with Gasteiger partial charge in [-0.15, -0.1) is 0 Å². The summed E-state index contributed by atoms with van der Waals surface area (Å²) in [5.41, 5.74) is 19.9. The van der Waals surface area contributed by atoms with E-state index in [-0.39, 0.29) is 17.0 Å². The summed E-state index contributed by atoms with van der Waals surface area (Å²) in [6, 6.07) is 51.8. The molecule has 2 heteroatoms. The van der Waals surface area contributed by atoms with Gasteiger partial charge in [0.1, 0.15) is 6.17 Å². The van der Waals surface area contributed by atoms with E-state index in [4.69, 9.17) is 4.99 Å². The molecule has 0 aromatic heterocycles. The third-order valence-electron chi connectivity index (χ3n) is 12.3. The Labute approximate surface area is 301 Å². The molecule has 1 unspecified atom stereocenters. The van der Waals surface area contributed by atoms with Crippen LogP contribution in [0.4, 0.5) is 0 Å². The van der Waals surface area contributed by atoms with Gasteiger partial charge in [-0.1, -0.05) is 154 Å². The van der Waals surface area contributed by atoms with Crippen molar-refractivity contribution in [2.75, 3.05) is 0 Å². The first-order valence-corrected chi connectivity index (χ1v) is 18.7. The van der Waals surface area contributed by atoms with Crippen LogP contribution < -0.4 is 5.32 Å². The Morgan fingerprint density at radius 3 is 1.92 bits per heavy atom. The maximum atomic E-state index is 5.21. The normalized spacial score (nSPS) is 18.9. The van der Waals surface area contributed by atoms with Gasteiger partial charge in [-0.3, -0.25) is 4.99 Å². The first-order valence-electron chi connectivity index (χ1n) is 18.7. The van der Waals surface area contributed by atoms with Crippen LogP contribution in [0.3, 0.4) is 0 Å². The average molecular weight is 659 g/mol. The van der Waals surface area contributed by atoms with Gasteiger partial charge in [-0.2, -0.15) is 0 Å². The van der Waals surface area contributed by atoms with Gasteiger partial charge in [-0.05, 0) is 109 Å². The van der Waals surface area contributed by atoms with Crippen LogP contribution in [0, 0.1) is 0 Å². The quantitative estimate of drug-likeness (QED) is 0.200. The fourth-order valence-electron chi connectivity index (χ4n) is 9.67. The smallest absolute Gasteiger partial charge is 0.145 e. The van der Waals surface area contributed by atoms with E-state index >= 15 is 0 Å². The Bertz CT molecular complexity index is 2370. The van der Waals surface area contributed by atoms with E-state index < -0.39 is 0 Å². The lowest BCUT2D eigenvalue weighted by Gasteiger charge is -2.36. The third-order valence-corrected chi connectivity index (χ3v) is 12.3. The number of allylic oxidation sites excluding steroid dienone is 1. The maximum Gasteiger partial charge on any atom is 0.145 e. The fourth-order valence-corrected chi connectivity index (χ4v) is 9.67. The molecule has 2 nitrogen and oxygen atoms in total. The zero-order chi connectivity index (χ0) is 34.2. The molecule has 10 rings (SSSR count). The molecule has 1 aliphatic heterocycles. The van der Waals surface area contributed by atoms with Crippen molar-refractivity contribution in [3.05, 3.63) is 185 Å². The lowest BCUT2D eigenvalue weighted by molar-refractivity contribution is 0.353. The Morgan fingerprint density at radius 2 is 1.14 bits per heavy atom. The zero-order valence-electron chi connectivity index (χ0n) is 29.4. The Balaban J connectivity index is 1.05. The number of nitrogens with zero attached hydrogens (tertiary/aromatic N) is 1. The summed E-state index contributed by atoms with van der Waals surface area (Å²) >= 11 is 0. The van der Waals surface area contributed by atoms with Crippen molar-refractivity contribution in [3.63, 3.8) is 0 Å². The molecule has 0 radical (unpaired) electrons. The first-order chi connectivity index (χ1) is 25.0. The van der Waals surface area contributed by atoms with Crippen LogP contribution in [0.1, 0.15) is 91.1 Å². The molecule has 1 spiro atoms. The van der Waals surface area contributed by atoms with Crippen LogP contribution in [0.25, 0.3) is 39.1 Å². The van der Waals surface area contributed by atoms with Crippen LogP contribution in [0.2, 0.25) is 0 Å². The molecule has 1 saturated carbocycles. The van der Waals surface area contributed by atoms with Crippen molar-refractivity contribution in [3.8, 4) is 33.4 Å². The molecule has 0 amide bonds. The molecule has 1 atom stereocenters. The van der Waals surface area contributed by atoms with Gasteiger partial charge < -0.3 is 5.32 Å². The van der Waals surface area contributed by atoms with E-state index in [0.717, 1.165) is 28.1 Å². The number of aliphatic imine (C=N–C) groups is 1. The SMILES string of the molecule is CC1(C)c2ccccc2-c2cc3c(cc21)-c1cc(-c2ccc(C4=NC(c5ccccc5)NC(c5ccccc5)=C4)cc2)ccc1C31CCCCC1. The number of nitrogens with one attached hydrogen (secondary N) is 1. The van der Waals surface area contributed by atoms with Crippen LogP contribution in [0.5, 0.6) is 0 Å². The standard InChI is InChI=1S/C49H42N2/c1-48(2)41-19-11-10-18-37(41)39-30-44-40(29-43(39)48)38-28-36(24-25-42(38)49(44)26-12-5-13-27-49)32-20-22-34(23-21-32)46-31-45(33-14-6-3-7-15-33)50-47(51-46)35-16-8-4-9-17-35/h3-4,6-11,14-25,28-31,47,50H,5,12-13,26-27H2,1-2H3. The van der Waals surface area contributed by atoms with Gasteiger partial charge in [-0.25, -0.2) is 0 Å². The van der Waals surface area contributed by atoms with Crippen molar-refractivity contribution >= 4 is 11.4 Å². The van der Waals surface area contributed by atoms with Crippen LogP contribution >= 0.6 is 0 Å². The van der Waals surface area contributed by atoms with Crippen molar-refractivity contribution in [1.29, 1.82) is 0 Å². The summed E-state index contributed by atoms with van der Waals surface area (Å²) in [5.74, 6) is 0. The van der Waals surface area contributed by atoms with Crippen LogP contribution in [-0.2, 0) is 10.8 Å². The van der Waals surface area contributed by atoms with Crippen LogP contribution in [0.15, 0.2) is 151 Å². The van der Waals surface area contributed by atoms with E-state index in [9.17, 15) is 0 Å². The van der Waals surface area contributed by atoms with E-state index in [1.807, 2.05) is 0 Å². The summed E-state index contributed by atoms with van der Waals surface area (Å²) < 4.78 is 0. The molecule has 248 valence electrons. The maximum absolute atomic E-state index is 5.21. The highest BCUT2D eigenvalue weighted by Crippen LogP contribution is 2.60. The summed E-state index contributed by atoms with van der Waals surface area (Å²) in [5, 5.41) is 3.68. The lowest BCUT2D eigenvalue weighted by Crippen LogP contribution is -2.28. The molecule has 0 bridgehead atoms. The molecule has 6 aromatic rings. The zero-order valence-corrected chi connectivity index (χ0v) is 29.4. The Hall–Kier alpha value is -5.47. The molecule has 51 heavy (non-hydrogen) atoms. The van der Waals surface area contributed by atoms with E-state index in [1.165, 1.54) is 76.6 Å². The predicted octanol–water partition coefficient (Wildman–Crippen LogP) is 12.0. The van der Waals surface area contributed by atoms with Gasteiger partial charge in [0.25, 0.3) is 0 Å². The van der Waals surface area contributed by atoms with E-state index in [2.05, 4.69) is 165 Å². The number of hydrogen-bond acceptors (Lipinski definition) is 2. The summed E-state index contributed by atoms with van der Waals surface area (Å²) in [4.78, 5) is 5.21. The van der Waals surface area contributed by atoms with Crippen molar-refractivity contribution in [1.82, 2.24) is 5.32 Å². The first kappa shape index (κ1) is 30.4. The fraction of sp³-hybridized carbons (Fsp3) is 0.204. The van der Waals surface area contributed by atoms with Gasteiger partial charge in [0.15, 0.2) is 0 Å². The minimum absolute atomic E-state index is 0.0113. The van der Waals surface area contributed by atoms with Gasteiger partial charge >= 0.3 is 0 Å². The summed E-state index contributed by atoms with van der Waals surface area (Å²) in [6.07, 6.45) is 8.46. The second-order valence-corrected chi connectivity index (χ2v) is 15.5. The van der Waals surface area contributed by atoms with Crippen molar-refractivity contribution in [2.45, 2.75) is 62.9 Å². The third kappa shape index (κ3) is 4.73. The number of benzene rings is 6. The van der Waals surface area contributed by atoms with Crippen molar-refractivity contribution < 1.29 is 0 Å². The molecule has 1 fully saturated rings. The Morgan fingerprint density at radius 1 is 0.510 bits per heavy atom. The molecular weight excluding hydrogens is 617 g/mol. The molecule has 6 aromatic carbocycles. The molecule has 4 aliphatic rings. The molecule has 1 N–H and O–H groups in total. The highest BCUT2D eigenvalue weighted by molar-refractivity contribution is 6.13. The molecule has 0 saturated heterocycles. The summed E-state index contributed by atoms with van der Waals surface area (Å²) in [7, 11) is 0. The monoisotopic (exact) mass is 658 g/mol. The number of hydrogen-bond donors (Lipinski definition) is 1. The van der Waals surface area contributed by atoms with Crippen LogP contribution in [-0.4, -0.2) is 5.71 Å². The second kappa shape index (κ2) is 11.5. The molecule has 3 aliphatic carbocycles. The van der Waals surface area contributed by atoms with Gasteiger partial charge in [0.05, 0.1) is 5.71 Å². The predicted molar refractivity (Wildman–Crippen MR) is 212 cm³/mol. The number of rotatable bonds is 4. The highest BCUT2D eigenvalue weighted by atomic mass is 15.1. The van der Waals surface area contributed by atoms with Crippen molar-refractivity contribution in [2.24, 2.45) is 4.99 Å². The highest BCUT2D eigenvalue weighted by Gasteiger charge is 2.46.